The second-order valence-corrected chi connectivity index (χ2v) is 5.83. The van der Waals surface area contributed by atoms with Gasteiger partial charge in [-0.05, 0) is 36.8 Å². The van der Waals surface area contributed by atoms with Gasteiger partial charge in [0.2, 0.25) is 0 Å². The van der Waals surface area contributed by atoms with E-state index in [0.717, 1.165) is 37.3 Å². The predicted molar refractivity (Wildman–Crippen MR) is 89.5 cm³/mol. The third kappa shape index (κ3) is 3.75. The number of hydrogen-bond acceptors (Lipinski definition) is 4. The molecule has 1 aromatic heterocycles. The summed E-state index contributed by atoms with van der Waals surface area (Å²) in [5.74, 6) is 1.03. The fraction of sp³-hybridized carbons (Fsp3) is 0.562. The molecule has 0 aliphatic carbocycles. The van der Waals surface area contributed by atoms with E-state index in [0.29, 0.717) is 11.6 Å². The molecule has 0 saturated carbocycles. The molecule has 0 aromatic carbocycles. The molecular formula is C16H25N5O. The average Bonchev–Trinajstić information content (AvgIpc) is 2.53. The molecule has 1 saturated heterocycles. The molecule has 1 aliphatic rings. The maximum Gasteiger partial charge on any atom is 0.290 e. The van der Waals surface area contributed by atoms with E-state index in [9.17, 15) is 4.79 Å². The van der Waals surface area contributed by atoms with Crippen LogP contribution in [-0.2, 0) is 11.2 Å². The Morgan fingerprint density at radius 3 is 2.95 bits per heavy atom. The van der Waals surface area contributed by atoms with E-state index in [1.165, 1.54) is 6.42 Å². The summed E-state index contributed by atoms with van der Waals surface area (Å²) < 4.78 is 0. The Bertz CT molecular complexity index is 557. The number of anilines is 2. The van der Waals surface area contributed by atoms with Crippen LogP contribution in [0, 0.1) is 11.3 Å². The fourth-order valence-corrected chi connectivity index (χ4v) is 2.80. The number of piperidine rings is 1. The second-order valence-electron chi connectivity index (χ2n) is 5.83. The highest BCUT2D eigenvalue weighted by molar-refractivity contribution is 6.40. The summed E-state index contributed by atoms with van der Waals surface area (Å²) in [5, 5.41) is 13.9. The van der Waals surface area contributed by atoms with Gasteiger partial charge in [-0.1, -0.05) is 13.8 Å². The first-order valence-electron chi connectivity index (χ1n) is 7.86. The lowest BCUT2D eigenvalue weighted by Gasteiger charge is -2.32. The lowest BCUT2D eigenvalue weighted by Crippen LogP contribution is -2.44. The van der Waals surface area contributed by atoms with E-state index >= 15 is 0 Å². The van der Waals surface area contributed by atoms with E-state index in [2.05, 4.69) is 22.5 Å². The monoisotopic (exact) mass is 303 g/mol. The van der Waals surface area contributed by atoms with Crippen molar-refractivity contribution in [2.45, 2.75) is 33.1 Å². The highest BCUT2D eigenvalue weighted by atomic mass is 16.2. The van der Waals surface area contributed by atoms with Gasteiger partial charge < -0.3 is 15.5 Å². The van der Waals surface area contributed by atoms with Crippen LogP contribution >= 0.6 is 0 Å². The van der Waals surface area contributed by atoms with Crippen LogP contribution in [0.3, 0.4) is 0 Å². The smallest absolute Gasteiger partial charge is 0.290 e. The van der Waals surface area contributed by atoms with Gasteiger partial charge in [-0.3, -0.25) is 10.2 Å². The molecule has 0 bridgehead atoms. The average molecular weight is 303 g/mol. The Kier molecular flexibility index (Phi) is 5.35. The zero-order chi connectivity index (χ0) is 16.1. The normalized spacial score (nSPS) is 18.0. The number of nitrogens with zero attached hydrogens (tertiary/aromatic N) is 2. The third-order valence-corrected chi connectivity index (χ3v) is 4.03. The number of amides is 1. The molecule has 3 N–H and O–H groups in total. The predicted octanol–water partition coefficient (Wildman–Crippen LogP) is 2.33. The summed E-state index contributed by atoms with van der Waals surface area (Å²) in [5.41, 5.74) is 1.68. The van der Waals surface area contributed by atoms with E-state index in [4.69, 9.17) is 5.41 Å². The number of hydrogen-bond donors (Lipinski definition) is 3. The molecule has 1 fully saturated rings. The first kappa shape index (κ1) is 16.3. The van der Waals surface area contributed by atoms with Gasteiger partial charge >= 0.3 is 0 Å². The third-order valence-electron chi connectivity index (χ3n) is 4.03. The summed E-state index contributed by atoms with van der Waals surface area (Å²) >= 11 is 0. The number of carbonyl (C=O) groups is 1. The first-order valence-corrected chi connectivity index (χ1v) is 7.86. The molecule has 22 heavy (non-hydrogen) atoms. The molecule has 6 heteroatoms. The van der Waals surface area contributed by atoms with Gasteiger partial charge in [-0.15, -0.1) is 0 Å². The van der Waals surface area contributed by atoms with Crippen molar-refractivity contribution in [1.29, 1.82) is 5.41 Å². The molecule has 120 valence electrons. The van der Waals surface area contributed by atoms with Gasteiger partial charge in [0.05, 0.1) is 11.9 Å². The molecule has 1 amide bonds. The highest BCUT2D eigenvalue weighted by Gasteiger charge is 2.23. The minimum atomic E-state index is -0.366. The number of aromatic nitrogens is 1. The SMILES string of the molecule is CCc1cc(NC(=O)C(=N)N2CCC[C@H](C)C2)cnc1NC. The van der Waals surface area contributed by atoms with E-state index in [1.54, 1.807) is 6.20 Å². The van der Waals surface area contributed by atoms with E-state index < -0.39 is 0 Å². The summed E-state index contributed by atoms with van der Waals surface area (Å²) in [4.78, 5) is 18.4. The Balaban J connectivity index is 2.03. The van der Waals surface area contributed by atoms with Gasteiger partial charge in [0.15, 0.2) is 5.84 Å². The van der Waals surface area contributed by atoms with Crippen LogP contribution in [0.15, 0.2) is 12.3 Å². The number of aryl methyl sites for hydroxylation is 1. The number of amidine groups is 1. The quantitative estimate of drug-likeness (QED) is 0.591. The molecular weight excluding hydrogens is 278 g/mol. The lowest BCUT2D eigenvalue weighted by molar-refractivity contribution is -0.111. The maximum atomic E-state index is 12.3. The Morgan fingerprint density at radius 1 is 1.55 bits per heavy atom. The number of nitrogens with one attached hydrogen (secondary N) is 3. The van der Waals surface area contributed by atoms with Crippen LogP contribution in [0.25, 0.3) is 0 Å². The topological polar surface area (TPSA) is 81.1 Å². The van der Waals surface area contributed by atoms with Crippen LogP contribution in [0.5, 0.6) is 0 Å². The van der Waals surface area contributed by atoms with Crippen molar-refractivity contribution in [3.63, 3.8) is 0 Å². The van der Waals surface area contributed by atoms with Crippen LogP contribution in [0.2, 0.25) is 0 Å². The summed E-state index contributed by atoms with van der Waals surface area (Å²) in [7, 11) is 1.83. The molecule has 1 atom stereocenters. The fourth-order valence-electron chi connectivity index (χ4n) is 2.80. The number of carbonyl (C=O) groups excluding carboxylic acids is 1. The van der Waals surface area contributed by atoms with Crippen molar-refractivity contribution in [3.05, 3.63) is 17.8 Å². The van der Waals surface area contributed by atoms with Crippen LogP contribution < -0.4 is 10.6 Å². The number of pyridine rings is 1. The van der Waals surface area contributed by atoms with Crippen LogP contribution in [0.1, 0.15) is 32.3 Å². The Hall–Kier alpha value is -2.11. The highest BCUT2D eigenvalue weighted by Crippen LogP contribution is 2.19. The molecule has 0 spiro atoms. The van der Waals surface area contributed by atoms with Crippen LogP contribution in [-0.4, -0.2) is 41.8 Å². The summed E-state index contributed by atoms with van der Waals surface area (Å²) in [6, 6.07) is 1.91. The summed E-state index contributed by atoms with van der Waals surface area (Å²) in [6.07, 6.45) is 4.65. The molecule has 1 aromatic rings. The largest absolute Gasteiger partial charge is 0.373 e. The van der Waals surface area contributed by atoms with Gasteiger partial charge in [-0.2, -0.15) is 0 Å². The first-order chi connectivity index (χ1) is 10.5. The molecule has 0 radical (unpaired) electrons. The van der Waals surface area contributed by atoms with Crippen molar-refractivity contribution < 1.29 is 4.79 Å². The van der Waals surface area contributed by atoms with E-state index in [1.807, 2.05) is 24.9 Å². The Labute approximate surface area is 131 Å². The lowest BCUT2D eigenvalue weighted by atomic mass is 10.0. The van der Waals surface area contributed by atoms with E-state index in [-0.39, 0.29) is 11.7 Å². The molecule has 1 aliphatic heterocycles. The van der Waals surface area contributed by atoms with Crippen molar-refractivity contribution in [2.75, 3.05) is 30.8 Å². The van der Waals surface area contributed by atoms with Crippen molar-refractivity contribution in [2.24, 2.45) is 5.92 Å². The maximum absolute atomic E-state index is 12.3. The zero-order valence-electron chi connectivity index (χ0n) is 13.6. The second kappa shape index (κ2) is 7.24. The van der Waals surface area contributed by atoms with Gasteiger partial charge in [-0.25, -0.2) is 4.98 Å². The molecule has 2 heterocycles. The van der Waals surface area contributed by atoms with Gasteiger partial charge in [0.25, 0.3) is 5.91 Å². The standard InChI is InChI=1S/C16H25N5O/c1-4-12-8-13(9-19-15(12)18-3)20-16(22)14(17)21-7-5-6-11(2)10-21/h8-9,11,17H,4-7,10H2,1-3H3,(H,18,19)(H,20,22)/t11-/m0/s1. The minimum absolute atomic E-state index is 0.0438. The number of likely N-dealkylation sites (tertiary alicyclic amines) is 1. The van der Waals surface area contributed by atoms with Crippen molar-refractivity contribution >= 4 is 23.2 Å². The molecule has 0 unspecified atom stereocenters. The van der Waals surface area contributed by atoms with Gasteiger partial charge in [0, 0.05) is 20.1 Å². The van der Waals surface area contributed by atoms with Crippen LogP contribution in [0.4, 0.5) is 11.5 Å². The van der Waals surface area contributed by atoms with Crippen molar-refractivity contribution in [3.8, 4) is 0 Å². The number of rotatable bonds is 3. The zero-order valence-corrected chi connectivity index (χ0v) is 13.6. The summed E-state index contributed by atoms with van der Waals surface area (Å²) in [6.45, 7) is 5.77. The van der Waals surface area contributed by atoms with Crippen molar-refractivity contribution in [1.82, 2.24) is 9.88 Å². The molecule has 6 nitrogen and oxygen atoms in total. The Morgan fingerprint density at radius 2 is 2.32 bits per heavy atom. The minimum Gasteiger partial charge on any atom is -0.373 e. The molecule has 2 rings (SSSR count). The van der Waals surface area contributed by atoms with Gasteiger partial charge in [0.1, 0.15) is 5.82 Å².